The molecule has 0 fully saturated rings. The van der Waals surface area contributed by atoms with Crippen LogP contribution in [0.25, 0.3) is 0 Å². The normalized spacial score (nSPS) is 10.2. The van der Waals surface area contributed by atoms with Crippen LogP contribution in [0.5, 0.6) is 11.5 Å². The molecule has 0 aliphatic heterocycles. The quantitative estimate of drug-likeness (QED) is 0.851. The van der Waals surface area contributed by atoms with Gasteiger partial charge in [0.2, 0.25) is 0 Å². The second-order valence-electron chi connectivity index (χ2n) is 3.91. The lowest BCUT2D eigenvalue weighted by Crippen LogP contribution is -2.05. The van der Waals surface area contributed by atoms with Crippen LogP contribution in [0, 0.1) is 0 Å². The van der Waals surface area contributed by atoms with E-state index in [4.69, 9.17) is 9.84 Å². The average molecular weight is 323 g/mol. The highest BCUT2D eigenvalue weighted by atomic mass is 79.9. The average Bonchev–Trinajstić information content (AvgIpc) is 2.36. The molecule has 2 aromatic carbocycles. The van der Waals surface area contributed by atoms with Crippen LogP contribution < -0.4 is 0 Å². The smallest absolute Gasteiger partial charge is 0.342 e. The zero-order valence-corrected chi connectivity index (χ0v) is 11.4. The Hall–Kier alpha value is -2.01. The van der Waals surface area contributed by atoms with Gasteiger partial charge in [0.05, 0.1) is 0 Å². The van der Waals surface area contributed by atoms with Gasteiger partial charge in [-0.3, -0.25) is 0 Å². The van der Waals surface area contributed by atoms with Gasteiger partial charge in [0.15, 0.2) is 0 Å². The Morgan fingerprint density at radius 2 is 1.95 bits per heavy atom. The van der Waals surface area contributed by atoms with E-state index in [0.29, 0.717) is 0 Å². The standard InChI is InChI=1S/C14H11BrO4/c15-10-3-1-2-9(6-10)8-19-14(18)12-5-4-11(16)7-13(12)17/h1-7,16-17H,8H2. The van der Waals surface area contributed by atoms with Gasteiger partial charge in [-0.2, -0.15) is 0 Å². The van der Waals surface area contributed by atoms with Crippen LogP contribution in [0.3, 0.4) is 0 Å². The molecule has 0 aliphatic carbocycles. The number of rotatable bonds is 3. The number of esters is 1. The highest BCUT2D eigenvalue weighted by Gasteiger charge is 2.13. The summed E-state index contributed by atoms with van der Waals surface area (Å²) in [6.45, 7) is 0.110. The van der Waals surface area contributed by atoms with Crippen molar-refractivity contribution >= 4 is 21.9 Å². The molecule has 5 heteroatoms. The fourth-order valence-electron chi connectivity index (χ4n) is 1.55. The van der Waals surface area contributed by atoms with Crippen LogP contribution in [-0.4, -0.2) is 16.2 Å². The Balaban J connectivity index is 2.05. The summed E-state index contributed by atoms with van der Waals surface area (Å²) in [5, 5.41) is 18.7. The Labute approximate surface area is 118 Å². The predicted octanol–water partition coefficient (Wildman–Crippen LogP) is 3.22. The molecule has 0 amide bonds. The van der Waals surface area contributed by atoms with Crippen LogP contribution >= 0.6 is 15.9 Å². The van der Waals surface area contributed by atoms with Gasteiger partial charge < -0.3 is 14.9 Å². The first-order valence-corrected chi connectivity index (χ1v) is 6.29. The fraction of sp³-hybridized carbons (Fsp3) is 0.0714. The van der Waals surface area contributed by atoms with Crippen molar-refractivity contribution < 1.29 is 19.7 Å². The summed E-state index contributed by atoms with van der Waals surface area (Å²) in [5.41, 5.74) is 0.855. The SMILES string of the molecule is O=C(OCc1cccc(Br)c1)c1ccc(O)cc1O. The molecular weight excluding hydrogens is 312 g/mol. The van der Waals surface area contributed by atoms with E-state index in [9.17, 15) is 9.90 Å². The zero-order valence-electron chi connectivity index (χ0n) is 9.84. The summed E-state index contributed by atoms with van der Waals surface area (Å²) >= 11 is 3.33. The maximum atomic E-state index is 11.8. The number of aromatic hydroxyl groups is 2. The molecule has 2 N–H and O–H groups in total. The van der Waals surface area contributed by atoms with Crippen LogP contribution in [0.15, 0.2) is 46.9 Å². The summed E-state index contributed by atoms with van der Waals surface area (Å²) in [7, 11) is 0. The summed E-state index contributed by atoms with van der Waals surface area (Å²) < 4.78 is 5.99. The molecule has 0 aromatic heterocycles. The Kier molecular flexibility index (Phi) is 4.06. The maximum absolute atomic E-state index is 11.8. The first-order chi connectivity index (χ1) is 9.06. The van der Waals surface area contributed by atoms with E-state index in [1.54, 1.807) is 0 Å². The lowest BCUT2D eigenvalue weighted by Gasteiger charge is -2.07. The highest BCUT2D eigenvalue weighted by molar-refractivity contribution is 9.10. The number of halogens is 1. The molecule has 0 radical (unpaired) electrons. The predicted molar refractivity (Wildman–Crippen MR) is 73.0 cm³/mol. The van der Waals surface area contributed by atoms with Crippen molar-refractivity contribution in [2.24, 2.45) is 0 Å². The van der Waals surface area contributed by atoms with Crippen LogP contribution in [0.2, 0.25) is 0 Å². The molecule has 98 valence electrons. The third-order valence-electron chi connectivity index (χ3n) is 2.46. The summed E-state index contributed by atoms with van der Waals surface area (Å²) in [6.07, 6.45) is 0. The topological polar surface area (TPSA) is 66.8 Å². The van der Waals surface area contributed by atoms with Crippen molar-refractivity contribution in [2.75, 3.05) is 0 Å². The van der Waals surface area contributed by atoms with Gasteiger partial charge in [0.1, 0.15) is 23.7 Å². The number of ether oxygens (including phenoxy) is 1. The fourth-order valence-corrected chi connectivity index (χ4v) is 1.99. The molecule has 0 unspecified atom stereocenters. The number of carbonyl (C=O) groups excluding carboxylic acids is 1. The minimum absolute atomic E-state index is 0.0211. The van der Waals surface area contributed by atoms with E-state index in [1.807, 2.05) is 24.3 Å². The number of phenols is 2. The molecule has 0 saturated heterocycles. The van der Waals surface area contributed by atoms with E-state index in [-0.39, 0.29) is 23.7 Å². The Bertz CT molecular complexity index is 610. The minimum atomic E-state index is -0.641. The minimum Gasteiger partial charge on any atom is -0.508 e. The first-order valence-electron chi connectivity index (χ1n) is 5.50. The number of hydrogen-bond acceptors (Lipinski definition) is 4. The van der Waals surface area contributed by atoms with Gasteiger partial charge in [0, 0.05) is 10.5 Å². The van der Waals surface area contributed by atoms with Crippen molar-refractivity contribution in [3.63, 3.8) is 0 Å². The number of phenolic OH excluding ortho intramolecular Hbond substituents is 2. The third kappa shape index (κ3) is 3.48. The molecule has 19 heavy (non-hydrogen) atoms. The maximum Gasteiger partial charge on any atom is 0.342 e. The lowest BCUT2D eigenvalue weighted by atomic mass is 10.2. The zero-order chi connectivity index (χ0) is 13.8. The molecule has 0 saturated carbocycles. The Morgan fingerprint density at radius 3 is 2.63 bits per heavy atom. The molecule has 0 bridgehead atoms. The Morgan fingerprint density at radius 1 is 1.16 bits per heavy atom. The second-order valence-corrected chi connectivity index (χ2v) is 4.82. The third-order valence-corrected chi connectivity index (χ3v) is 2.95. The van der Waals surface area contributed by atoms with Gasteiger partial charge in [-0.1, -0.05) is 28.1 Å². The molecule has 2 aromatic rings. The van der Waals surface area contributed by atoms with Crippen LogP contribution in [0.1, 0.15) is 15.9 Å². The second kappa shape index (κ2) is 5.75. The molecule has 0 aliphatic rings. The molecule has 0 spiro atoms. The van der Waals surface area contributed by atoms with Crippen molar-refractivity contribution in [1.29, 1.82) is 0 Å². The van der Waals surface area contributed by atoms with E-state index in [1.165, 1.54) is 12.1 Å². The molecule has 0 atom stereocenters. The van der Waals surface area contributed by atoms with Gasteiger partial charge in [-0.15, -0.1) is 0 Å². The van der Waals surface area contributed by atoms with Gasteiger partial charge in [-0.05, 0) is 29.8 Å². The molecule has 0 heterocycles. The first kappa shape index (κ1) is 13.4. The molecular formula is C14H11BrO4. The van der Waals surface area contributed by atoms with Crippen LogP contribution in [0.4, 0.5) is 0 Å². The van der Waals surface area contributed by atoms with Crippen LogP contribution in [-0.2, 0) is 11.3 Å². The number of carbonyl (C=O) groups is 1. The summed E-state index contributed by atoms with van der Waals surface area (Å²) in [6, 6.07) is 11.1. The lowest BCUT2D eigenvalue weighted by molar-refractivity contribution is 0.0469. The van der Waals surface area contributed by atoms with Crippen molar-refractivity contribution in [1.82, 2.24) is 0 Å². The van der Waals surface area contributed by atoms with Gasteiger partial charge in [0.25, 0.3) is 0 Å². The number of hydrogen-bond donors (Lipinski definition) is 2. The largest absolute Gasteiger partial charge is 0.508 e. The van der Waals surface area contributed by atoms with Crippen molar-refractivity contribution in [3.8, 4) is 11.5 Å². The van der Waals surface area contributed by atoms with Crippen molar-refractivity contribution in [2.45, 2.75) is 6.61 Å². The van der Waals surface area contributed by atoms with Crippen molar-refractivity contribution in [3.05, 3.63) is 58.1 Å². The molecule has 2 rings (SSSR count). The summed E-state index contributed by atoms with van der Waals surface area (Å²) in [4.78, 5) is 11.8. The van der Waals surface area contributed by atoms with Gasteiger partial charge in [-0.25, -0.2) is 4.79 Å². The number of benzene rings is 2. The van der Waals surface area contributed by atoms with Gasteiger partial charge >= 0.3 is 5.97 Å². The van der Waals surface area contributed by atoms with E-state index in [2.05, 4.69) is 15.9 Å². The van der Waals surface area contributed by atoms with E-state index >= 15 is 0 Å². The summed E-state index contributed by atoms with van der Waals surface area (Å²) in [5.74, 6) is -1.06. The monoisotopic (exact) mass is 322 g/mol. The molecule has 4 nitrogen and oxygen atoms in total. The highest BCUT2D eigenvalue weighted by Crippen LogP contribution is 2.23. The van der Waals surface area contributed by atoms with E-state index in [0.717, 1.165) is 16.1 Å². The van der Waals surface area contributed by atoms with E-state index < -0.39 is 5.97 Å².